The van der Waals surface area contributed by atoms with Gasteiger partial charge in [-0.25, -0.2) is 0 Å². The lowest BCUT2D eigenvalue weighted by Crippen LogP contribution is -2.62. The van der Waals surface area contributed by atoms with Gasteiger partial charge in [-0.15, -0.1) is 0 Å². The zero-order chi connectivity index (χ0) is 24.5. The number of nitrogens with zero attached hydrogens (tertiary/aromatic N) is 1. The quantitative estimate of drug-likeness (QED) is 0.289. The van der Waals surface area contributed by atoms with Crippen molar-refractivity contribution in [3.63, 3.8) is 0 Å². The van der Waals surface area contributed by atoms with Crippen LogP contribution in [0.5, 0.6) is 17.2 Å². The summed E-state index contributed by atoms with van der Waals surface area (Å²) in [5.74, 6) is 2.25. The summed E-state index contributed by atoms with van der Waals surface area (Å²) in [5, 5.41) is 39.2. The van der Waals surface area contributed by atoms with Crippen LogP contribution in [0.3, 0.4) is 0 Å². The highest BCUT2D eigenvalue weighted by atomic mass is 16.5. The molecule has 1 fully saturated rings. The number of rotatable bonds is 11. The Hall–Kier alpha value is -2.62. The summed E-state index contributed by atoms with van der Waals surface area (Å²) in [7, 11) is 3.25. The third kappa shape index (κ3) is 6.94. The standard InChI is InChI=1S/C26H35NO7/c1-32-21-13-19(14-22(15-21)33-2)6-5-18-7-9-20(10-8-18)34-12-4-3-11-27-16-24(29)26(31)25(30)23(27)17-28/h5-10,13-15,23-26,28-31H,3-4,11-12,16-17H2,1-2H3/b6-5+/t23-,24+,25?,26-/m1/s1. The normalized spacial score (nSPS) is 23.2. The Labute approximate surface area is 200 Å². The molecule has 186 valence electrons. The van der Waals surface area contributed by atoms with Gasteiger partial charge in [0.25, 0.3) is 0 Å². The van der Waals surface area contributed by atoms with Crippen molar-refractivity contribution in [3.05, 3.63) is 53.6 Å². The maximum atomic E-state index is 10.0. The van der Waals surface area contributed by atoms with Gasteiger partial charge in [0.15, 0.2) is 0 Å². The second kappa shape index (κ2) is 12.7. The molecule has 1 saturated heterocycles. The van der Waals surface area contributed by atoms with Gasteiger partial charge in [-0.3, -0.25) is 4.90 Å². The first-order valence-corrected chi connectivity index (χ1v) is 11.5. The van der Waals surface area contributed by atoms with Gasteiger partial charge in [0.1, 0.15) is 29.5 Å². The second-order valence-corrected chi connectivity index (χ2v) is 8.40. The molecule has 2 aromatic carbocycles. The van der Waals surface area contributed by atoms with E-state index in [9.17, 15) is 20.4 Å². The first-order chi connectivity index (χ1) is 16.4. The number of hydrogen-bond donors (Lipinski definition) is 4. The van der Waals surface area contributed by atoms with Gasteiger partial charge < -0.3 is 34.6 Å². The number of ether oxygens (including phenoxy) is 3. The van der Waals surface area contributed by atoms with Crippen molar-refractivity contribution in [3.8, 4) is 17.2 Å². The maximum absolute atomic E-state index is 10.0. The van der Waals surface area contributed by atoms with Crippen LogP contribution in [0.4, 0.5) is 0 Å². The van der Waals surface area contributed by atoms with Crippen LogP contribution >= 0.6 is 0 Å². The minimum atomic E-state index is -1.23. The van der Waals surface area contributed by atoms with Gasteiger partial charge >= 0.3 is 0 Å². The van der Waals surface area contributed by atoms with E-state index in [4.69, 9.17) is 14.2 Å². The predicted molar refractivity (Wildman–Crippen MR) is 130 cm³/mol. The number of benzene rings is 2. The SMILES string of the molecule is COc1cc(/C=C/c2ccc(OCCCCN3C[C@H](O)[C@@H](O)C(O)[C@H]3CO)cc2)cc(OC)c1. The van der Waals surface area contributed by atoms with Gasteiger partial charge in [-0.2, -0.15) is 0 Å². The summed E-state index contributed by atoms with van der Waals surface area (Å²) in [6.45, 7) is 1.08. The molecule has 8 heteroatoms. The number of methoxy groups -OCH3 is 2. The summed E-state index contributed by atoms with van der Waals surface area (Å²) in [5.41, 5.74) is 2.01. The van der Waals surface area contributed by atoms with Crippen molar-refractivity contribution in [1.29, 1.82) is 0 Å². The van der Waals surface area contributed by atoms with Crippen molar-refractivity contribution >= 4 is 12.2 Å². The molecule has 0 saturated carbocycles. The van der Waals surface area contributed by atoms with Gasteiger partial charge in [0.2, 0.25) is 0 Å². The third-order valence-electron chi connectivity index (χ3n) is 6.05. The van der Waals surface area contributed by atoms with Crippen LogP contribution in [0, 0.1) is 0 Å². The maximum Gasteiger partial charge on any atom is 0.123 e. The lowest BCUT2D eigenvalue weighted by Gasteiger charge is -2.43. The molecule has 34 heavy (non-hydrogen) atoms. The Kier molecular flexibility index (Phi) is 9.74. The molecule has 4 atom stereocenters. The number of likely N-dealkylation sites (tertiary alicyclic amines) is 1. The fourth-order valence-electron chi connectivity index (χ4n) is 4.04. The summed E-state index contributed by atoms with van der Waals surface area (Å²) in [6.07, 6.45) is 2.14. The van der Waals surface area contributed by atoms with E-state index < -0.39 is 24.4 Å². The number of piperidine rings is 1. The van der Waals surface area contributed by atoms with E-state index in [2.05, 4.69) is 0 Å². The van der Waals surface area contributed by atoms with E-state index in [0.29, 0.717) is 13.2 Å². The second-order valence-electron chi connectivity index (χ2n) is 8.40. The van der Waals surface area contributed by atoms with Crippen LogP contribution in [0.1, 0.15) is 24.0 Å². The highest BCUT2D eigenvalue weighted by Crippen LogP contribution is 2.24. The monoisotopic (exact) mass is 473 g/mol. The van der Waals surface area contributed by atoms with E-state index >= 15 is 0 Å². The van der Waals surface area contributed by atoms with Gasteiger partial charge in [0.05, 0.1) is 39.6 Å². The Bertz CT molecular complexity index is 896. The lowest BCUT2D eigenvalue weighted by atomic mass is 9.94. The summed E-state index contributed by atoms with van der Waals surface area (Å²) in [4.78, 5) is 1.82. The molecule has 3 rings (SSSR count). The summed E-state index contributed by atoms with van der Waals surface area (Å²) < 4.78 is 16.4. The van der Waals surface area contributed by atoms with E-state index in [-0.39, 0.29) is 13.2 Å². The molecule has 4 N–H and O–H groups in total. The molecule has 1 heterocycles. The Morgan fingerprint density at radius 2 is 1.50 bits per heavy atom. The predicted octanol–water partition coefficient (Wildman–Crippen LogP) is 1.79. The van der Waals surface area contributed by atoms with Crippen LogP contribution in [0.2, 0.25) is 0 Å². The first kappa shape index (κ1) is 26.0. The molecule has 0 aliphatic carbocycles. The van der Waals surface area contributed by atoms with Crippen molar-refractivity contribution in [2.75, 3.05) is 40.5 Å². The molecule has 1 aliphatic heterocycles. The number of β-amino-alcohol motifs (C(OH)–C–C–N with tert-alkyl or cyclic N) is 1. The number of hydrogen-bond acceptors (Lipinski definition) is 8. The van der Waals surface area contributed by atoms with Crippen molar-refractivity contribution < 1.29 is 34.6 Å². The molecule has 0 amide bonds. The molecule has 2 aromatic rings. The minimum absolute atomic E-state index is 0.224. The third-order valence-corrected chi connectivity index (χ3v) is 6.05. The number of unbranched alkanes of at least 4 members (excludes halogenated alkanes) is 1. The van der Waals surface area contributed by atoms with Crippen LogP contribution in [-0.2, 0) is 0 Å². The highest BCUT2D eigenvalue weighted by molar-refractivity contribution is 5.71. The Morgan fingerprint density at radius 1 is 0.853 bits per heavy atom. The van der Waals surface area contributed by atoms with E-state index in [1.165, 1.54) is 0 Å². The first-order valence-electron chi connectivity index (χ1n) is 11.5. The van der Waals surface area contributed by atoms with Gasteiger partial charge in [-0.1, -0.05) is 24.3 Å². The van der Waals surface area contributed by atoms with Crippen molar-refractivity contribution in [2.45, 2.75) is 37.2 Å². The zero-order valence-electron chi connectivity index (χ0n) is 19.7. The molecular formula is C26H35NO7. The summed E-state index contributed by atoms with van der Waals surface area (Å²) >= 11 is 0. The average Bonchev–Trinajstić information content (AvgIpc) is 2.86. The van der Waals surface area contributed by atoms with E-state index in [0.717, 1.165) is 41.2 Å². The molecule has 0 spiro atoms. The molecule has 1 aliphatic rings. The highest BCUT2D eigenvalue weighted by Gasteiger charge is 2.40. The lowest BCUT2D eigenvalue weighted by molar-refractivity contribution is -0.145. The van der Waals surface area contributed by atoms with Crippen molar-refractivity contribution in [2.24, 2.45) is 0 Å². The van der Waals surface area contributed by atoms with Crippen molar-refractivity contribution in [1.82, 2.24) is 4.90 Å². The molecular weight excluding hydrogens is 438 g/mol. The average molecular weight is 474 g/mol. The van der Waals surface area contributed by atoms with Crippen LogP contribution in [0.25, 0.3) is 12.2 Å². The van der Waals surface area contributed by atoms with Gasteiger partial charge in [-0.05, 0) is 54.8 Å². The molecule has 0 bridgehead atoms. The van der Waals surface area contributed by atoms with Crippen LogP contribution in [0.15, 0.2) is 42.5 Å². The fraction of sp³-hybridized carbons (Fsp3) is 0.462. The minimum Gasteiger partial charge on any atom is -0.497 e. The van der Waals surface area contributed by atoms with Crippen LogP contribution in [-0.4, -0.2) is 90.2 Å². The Morgan fingerprint density at radius 3 is 2.12 bits per heavy atom. The number of aliphatic hydroxyl groups is 4. The number of aliphatic hydroxyl groups excluding tert-OH is 4. The fourth-order valence-corrected chi connectivity index (χ4v) is 4.04. The van der Waals surface area contributed by atoms with Crippen LogP contribution < -0.4 is 14.2 Å². The van der Waals surface area contributed by atoms with E-state index in [1.807, 2.05) is 59.5 Å². The topological polar surface area (TPSA) is 112 Å². The summed E-state index contributed by atoms with van der Waals surface area (Å²) in [6, 6.07) is 12.9. The van der Waals surface area contributed by atoms with Gasteiger partial charge in [0, 0.05) is 12.6 Å². The molecule has 1 unspecified atom stereocenters. The zero-order valence-corrected chi connectivity index (χ0v) is 19.7. The molecule has 0 aromatic heterocycles. The molecule has 8 nitrogen and oxygen atoms in total. The largest absolute Gasteiger partial charge is 0.497 e. The molecule has 0 radical (unpaired) electrons. The Balaban J connectivity index is 1.43. The smallest absolute Gasteiger partial charge is 0.123 e. The van der Waals surface area contributed by atoms with E-state index in [1.54, 1.807) is 14.2 Å².